The van der Waals surface area contributed by atoms with Crippen molar-refractivity contribution in [3.8, 4) is 0 Å². The van der Waals surface area contributed by atoms with Crippen LogP contribution in [0.2, 0.25) is 21.6 Å². The van der Waals surface area contributed by atoms with Crippen molar-refractivity contribution in [3.05, 3.63) is 34.3 Å². The molecule has 5 heteroatoms. The van der Waals surface area contributed by atoms with Gasteiger partial charge in [-0.3, -0.25) is 4.79 Å². The minimum Gasteiger partial charge on any atom is -0.412 e. The van der Waals surface area contributed by atoms with Gasteiger partial charge >= 0.3 is 0 Å². The largest absolute Gasteiger partial charge is 0.412 e. The van der Waals surface area contributed by atoms with E-state index < -0.39 is 8.32 Å². The number of nitrogens with one attached hydrogen (secondary N) is 1. The van der Waals surface area contributed by atoms with Gasteiger partial charge in [-0.1, -0.05) is 59.2 Å². The van der Waals surface area contributed by atoms with Crippen molar-refractivity contribution >= 4 is 25.8 Å². The van der Waals surface area contributed by atoms with Gasteiger partial charge in [0.25, 0.3) is 0 Å². The Bertz CT molecular complexity index is 571. The Morgan fingerprint density at radius 3 is 2.17 bits per heavy atom. The maximum Gasteiger partial charge on any atom is 0.222 e. The van der Waals surface area contributed by atoms with Crippen LogP contribution in [0.25, 0.3) is 0 Å². The molecule has 24 heavy (non-hydrogen) atoms. The van der Waals surface area contributed by atoms with E-state index in [0.29, 0.717) is 34.7 Å². The van der Waals surface area contributed by atoms with Crippen molar-refractivity contribution in [2.45, 2.75) is 77.2 Å². The molecule has 1 amide bonds. The number of halogens is 1. The van der Waals surface area contributed by atoms with Crippen LogP contribution in [-0.2, 0) is 15.8 Å². The number of amides is 1. The predicted molar refractivity (Wildman–Crippen MR) is 103 cm³/mol. The summed E-state index contributed by atoms with van der Waals surface area (Å²) in [5.74, 6) is 0.108. The van der Waals surface area contributed by atoms with Crippen LogP contribution in [0, 0.1) is 0 Å². The summed E-state index contributed by atoms with van der Waals surface area (Å²) in [7, 11) is -1.92. The second-order valence-electron chi connectivity index (χ2n) is 7.77. The van der Waals surface area contributed by atoms with Gasteiger partial charge in [-0.25, -0.2) is 0 Å². The number of hydrogen-bond acceptors (Lipinski definition) is 2. The molecule has 1 aromatic rings. The van der Waals surface area contributed by atoms with Crippen LogP contribution in [0.5, 0.6) is 0 Å². The lowest BCUT2D eigenvalue weighted by atomic mass is 9.93. The summed E-state index contributed by atoms with van der Waals surface area (Å²) in [4.78, 5) is 11.3. The topological polar surface area (TPSA) is 38.3 Å². The maximum atomic E-state index is 11.3. The summed E-state index contributed by atoms with van der Waals surface area (Å²) in [6.45, 7) is 14.3. The van der Waals surface area contributed by atoms with Gasteiger partial charge in [-0.15, -0.1) is 0 Å². The molecule has 1 aromatic carbocycles. The third-order valence-electron chi connectivity index (χ3n) is 5.39. The molecule has 1 fully saturated rings. The number of hydrogen-bond donors (Lipinski definition) is 1. The third kappa shape index (κ3) is 3.71. The van der Waals surface area contributed by atoms with Gasteiger partial charge in [-0.05, 0) is 39.9 Å². The lowest BCUT2D eigenvalue weighted by molar-refractivity contribution is -0.128. The fourth-order valence-electron chi connectivity index (χ4n) is 4.29. The van der Waals surface area contributed by atoms with Crippen molar-refractivity contribution in [3.63, 3.8) is 0 Å². The molecule has 1 aliphatic heterocycles. The molecule has 0 bridgehead atoms. The minimum atomic E-state index is -1.92. The van der Waals surface area contributed by atoms with E-state index in [1.807, 2.05) is 18.2 Å². The smallest absolute Gasteiger partial charge is 0.222 e. The zero-order valence-electron chi connectivity index (χ0n) is 15.7. The molecule has 1 aliphatic rings. The van der Waals surface area contributed by atoms with Crippen LogP contribution < -0.4 is 5.32 Å². The molecular weight excluding hydrogens is 338 g/mol. The van der Waals surface area contributed by atoms with Crippen LogP contribution >= 0.6 is 11.6 Å². The summed E-state index contributed by atoms with van der Waals surface area (Å²) >= 11 is 6.22. The molecule has 134 valence electrons. The van der Waals surface area contributed by atoms with E-state index in [2.05, 4.69) is 46.9 Å². The Kier molecular flexibility index (Phi) is 6.16. The highest BCUT2D eigenvalue weighted by atomic mass is 35.5. The Morgan fingerprint density at radius 2 is 1.71 bits per heavy atom. The minimum absolute atomic E-state index is 0.0987. The molecule has 0 saturated carbocycles. The fraction of sp³-hybridized carbons (Fsp3) is 0.632. The van der Waals surface area contributed by atoms with Crippen molar-refractivity contribution in [2.24, 2.45) is 0 Å². The molecule has 0 spiro atoms. The van der Waals surface area contributed by atoms with E-state index in [1.54, 1.807) is 0 Å². The van der Waals surface area contributed by atoms with Gasteiger partial charge in [-0.2, -0.15) is 0 Å². The monoisotopic (exact) mass is 367 g/mol. The molecule has 1 heterocycles. The number of β-lactam (4-membered cyclic amide) rings is 1. The SMILES string of the molecule is CC(C)[Si](OCc1cc(Cl)ccc1C1CC(=O)N1)(C(C)C)C(C)C. The van der Waals surface area contributed by atoms with Gasteiger partial charge in [0.05, 0.1) is 19.1 Å². The fourth-order valence-corrected chi connectivity index (χ4v) is 9.89. The van der Waals surface area contributed by atoms with Gasteiger partial charge in [0.2, 0.25) is 14.2 Å². The normalized spacial score (nSPS) is 18.2. The van der Waals surface area contributed by atoms with Crippen LogP contribution in [0.4, 0.5) is 0 Å². The van der Waals surface area contributed by atoms with E-state index in [-0.39, 0.29) is 11.9 Å². The summed E-state index contributed by atoms with van der Waals surface area (Å²) in [6, 6.07) is 6.00. The van der Waals surface area contributed by atoms with Crippen LogP contribution in [0.3, 0.4) is 0 Å². The van der Waals surface area contributed by atoms with E-state index in [0.717, 1.165) is 11.1 Å². The first-order valence-electron chi connectivity index (χ1n) is 8.90. The molecule has 0 aromatic heterocycles. The second-order valence-corrected chi connectivity index (χ2v) is 13.7. The molecule has 1 N–H and O–H groups in total. The average Bonchev–Trinajstić information content (AvgIpc) is 2.44. The summed E-state index contributed by atoms with van der Waals surface area (Å²) in [5, 5.41) is 3.67. The van der Waals surface area contributed by atoms with Crippen molar-refractivity contribution in [1.82, 2.24) is 5.32 Å². The molecule has 0 aliphatic carbocycles. The highest BCUT2D eigenvalue weighted by molar-refractivity contribution is 6.77. The Balaban J connectivity index is 2.26. The number of rotatable bonds is 7. The molecule has 1 unspecified atom stereocenters. The van der Waals surface area contributed by atoms with Crippen molar-refractivity contribution < 1.29 is 9.22 Å². The van der Waals surface area contributed by atoms with Crippen molar-refractivity contribution in [1.29, 1.82) is 0 Å². The van der Waals surface area contributed by atoms with Gasteiger partial charge in [0.15, 0.2) is 0 Å². The predicted octanol–water partition coefficient (Wildman–Crippen LogP) is 5.59. The summed E-state index contributed by atoms with van der Waals surface area (Å²) in [6.07, 6.45) is 0.551. The molecule has 2 rings (SSSR count). The van der Waals surface area contributed by atoms with Gasteiger partial charge < -0.3 is 9.74 Å². The number of carbonyl (C=O) groups excluding carboxylic acids is 1. The lowest BCUT2D eigenvalue weighted by Gasteiger charge is -2.42. The van der Waals surface area contributed by atoms with Crippen molar-refractivity contribution in [2.75, 3.05) is 0 Å². The number of carbonyl (C=O) groups is 1. The highest BCUT2D eigenvalue weighted by Crippen LogP contribution is 2.43. The zero-order valence-corrected chi connectivity index (χ0v) is 17.4. The number of benzene rings is 1. The van der Waals surface area contributed by atoms with E-state index >= 15 is 0 Å². The summed E-state index contributed by atoms with van der Waals surface area (Å²) in [5.41, 5.74) is 3.88. The Morgan fingerprint density at radius 1 is 1.17 bits per heavy atom. The van der Waals surface area contributed by atoms with E-state index in [9.17, 15) is 4.79 Å². The molecule has 1 atom stereocenters. The molecular formula is C19H30ClNO2Si. The lowest BCUT2D eigenvalue weighted by Crippen LogP contribution is -2.47. The van der Waals surface area contributed by atoms with Crippen LogP contribution in [0.1, 0.15) is 65.1 Å². The van der Waals surface area contributed by atoms with Crippen LogP contribution in [-0.4, -0.2) is 14.2 Å². The first kappa shape index (κ1) is 19.5. The van der Waals surface area contributed by atoms with Gasteiger partial charge in [0, 0.05) is 5.02 Å². The first-order valence-corrected chi connectivity index (χ1v) is 11.4. The molecule has 3 nitrogen and oxygen atoms in total. The first-order chi connectivity index (χ1) is 11.2. The quantitative estimate of drug-likeness (QED) is 0.503. The maximum absolute atomic E-state index is 11.3. The average molecular weight is 368 g/mol. The molecule has 1 saturated heterocycles. The Hall–Kier alpha value is -0.843. The van der Waals surface area contributed by atoms with Crippen LogP contribution in [0.15, 0.2) is 18.2 Å². The third-order valence-corrected chi connectivity index (χ3v) is 11.7. The highest BCUT2D eigenvalue weighted by Gasteiger charge is 2.45. The standard InChI is InChI=1S/C19H30ClNO2Si/c1-12(2)24(13(3)4,14(5)6)23-11-15-9-16(20)7-8-17(15)18-10-19(22)21-18/h7-9,12-14,18H,10-11H2,1-6H3,(H,21,22). The van der Waals surface area contributed by atoms with E-state index in [4.69, 9.17) is 16.0 Å². The van der Waals surface area contributed by atoms with E-state index in [1.165, 1.54) is 0 Å². The zero-order chi connectivity index (χ0) is 18.1. The second kappa shape index (κ2) is 7.59. The summed E-state index contributed by atoms with van der Waals surface area (Å²) < 4.78 is 6.71. The van der Waals surface area contributed by atoms with Gasteiger partial charge in [0.1, 0.15) is 0 Å². The Labute approximate surface area is 152 Å². The molecule has 0 radical (unpaired) electrons.